The summed E-state index contributed by atoms with van der Waals surface area (Å²) in [6, 6.07) is 11.3. The number of benzene rings is 2. The fourth-order valence-electron chi connectivity index (χ4n) is 3.93. The fourth-order valence-corrected chi connectivity index (χ4v) is 3.93. The van der Waals surface area contributed by atoms with Gasteiger partial charge in [0.2, 0.25) is 18.0 Å². The number of amides is 2. The van der Waals surface area contributed by atoms with Crippen molar-refractivity contribution in [2.24, 2.45) is 0 Å². The first-order valence-electron chi connectivity index (χ1n) is 9.43. The maximum atomic E-state index is 13.0. The third kappa shape index (κ3) is 2.97. The molecule has 0 bridgehead atoms. The van der Waals surface area contributed by atoms with E-state index in [-0.39, 0.29) is 18.2 Å². The van der Waals surface area contributed by atoms with Crippen molar-refractivity contribution in [3.63, 3.8) is 0 Å². The molecule has 8 nitrogen and oxygen atoms in total. The summed E-state index contributed by atoms with van der Waals surface area (Å²) in [5.74, 6) is 0.138. The van der Waals surface area contributed by atoms with Crippen LogP contribution in [0, 0.1) is 0 Å². The Balaban J connectivity index is 1.38. The Bertz CT molecular complexity index is 1020. The van der Waals surface area contributed by atoms with Gasteiger partial charge in [0, 0.05) is 23.7 Å². The fraction of sp³-hybridized carbons (Fsp3) is 0.286. The van der Waals surface area contributed by atoms with Gasteiger partial charge >= 0.3 is 5.97 Å². The molecule has 8 heteroatoms. The normalized spacial score (nSPS) is 22.3. The molecule has 2 aromatic rings. The van der Waals surface area contributed by atoms with E-state index in [9.17, 15) is 14.4 Å². The average Bonchev–Trinajstić information content (AvgIpc) is 3.28. The van der Waals surface area contributed by atoms with Gasteiger partial charge in [-0.05, 0) is 24.6 Å². The number of likely N-dealkylation sites (tertiary alicyclic amines) is 1. The molecule has 0 spiro atoms. The summed E-state index contributed by atoms with van der Waals surface area (Å²) in [7, 11) is 0. The molecule has 0 aliphatic carbocycles. The van der Waals surface area contributed by atoms with Crippen LogP contribution in [-0.4, -0.2) is 41.9 Å². The zero-order valence-electron chi connectivity index (χ0n) is 15.4. The highest BCUT2D eigenvalue weighted by Crippen LogP contribution is 2.39. The van der Waals surface area contributed by atoms with Crippen LogP contribution in [0.2, 0.25) is 0 Å². The van der Waals surface area contributed by atoms with E-state index in [0.29, 0.717) is 47.9 Å². The molecule has 1 N–H and O–H groups in total. The third-order valence-electron chi connectivity index (χ3n) is 5.29. The first-order valence-corrected chi connectivity index (χ1v) is 9.43. The molecular weight excluding hydrogens is 376 g/mol. The van der Waals surface area contributed by atoms with E-state index in [4.69, 9.17) is 14.2 Å². The quantitative estimate of drug-likeness (QED) is 0.803. The predicted octanol–water partition coefficient (Wildman–Crippen LogP) is 2.26. The number of carbonyl (C=O) groups is 3. The van der Waals surface area contributed by atoms with E-state index in [1.165, 1.54) is 4.90 Å². The van der Waals surface area contributed by atoms with E-state index in [2.05, 4.69) is 5.32 Å². The Morgan fingerprint density at radius 3 is 2.69 bits per heavy atom. The number of ether oxygens (including phenoxy) is 3. The van der Waals surface area contributed by atoms with Gasteiger partial charge in [-0.25, -0.2) is 4.79 Å². The van der Waals surface area contributed by atoms with E-state index in [0.717, 1.165) is 0 Å². The SMILES string of the molecule is O=C1O[C@H](N2C(=O)CC[C@H]2C(=O)Nc2ccc3c(c2)OCCO3)c2ccccc21. The number of hydrogen-bond donors (Lipinski definition) is 1. The molecule has 0 saturated carbocycles. The van der Waals surface area contributed by atoms with E-state index >= 15 is 0 Å². The lowest BCUT2D eigenvalue weighted by atomic mass is 10.1. The minimum Gasteiger partial charge on any atom is -0.486 e. The Morgan fingerprint density at radius 2 is 1.83 bits per heavy atom. The van der Waals surface area contributed by atoms with Gasteiger partial charge < -0.3 is 19.5 Å². The van der Waals surface area contributed by atoms with E-state index in [1.807, 2.05) is 0 Å². The van der Waals surface area contributed by atoms with Crippen LogP contribution in [0.25, 0.3) is 0 Å². The van der Waals surface area contributed by atoms with Crippen molar-refractivity contribution in [2.45, 2.75) is 25.1 Å². The number of nitrogens with zero attached hydrogens (tertiary/aromatic N) is 1. The van der Waals surface area contributed by atoms with Gasteiger partial charge in [-0.3, -0.25) is 14.5 Å². The molecule has 148 valence electrons. The molecule has 2 amide bonds. The number of esters is 1. The number of cyclic esters (lactones) is 1. The Hall–Kier alpha value is -3.55. The summed E-state index contributed by atoms with van der Waals surface area (Å²) in [6.45, 7) is 0.932. The minimum atomic E-state index is -0.885. The second-order valence-electron chi connectivity index (χ2n) is 7.05. The molecule has 3 aliphatic rings. The second-order valence-corrected chi connectivity index (χ2v) is 7.05. The number of hydrogen-bond acceptors (Lipinski definition) is 6. The van der Waals surface area contributed by atoms with Gasteiger partial charge in [-0.15, -0.1) is 0 Å². The van der Waals surface area contributed by atoms with Crippen LogP contribution in [0.3, 0.4) is 0 Å². The molecule has 1 fully saturated rings. The van der Waals surface area contributed by atoms with Crippen molar-refractivity contribution in [2.75, 3.05) is 18.5 Å². The van der Waals surface area contributed by atoms with Crippen LogP contribution >= 0.6 is 0 Å². The van der Waals surface area contributed by atoms with Gasteiger partial charge in [0.25, 0.3) is 0 Å². The van der Waals surface area contributed by atoms with Gasteiger partial charge in [0.15, 0.2) is 11.5 Å². The van der Waals surface area contributed by atoms with Gasteiger partial charge in [-0.1, -0.05) is 18.2 Å². The van der Waals surface area contributed by atoms with Crippen molar-refractivity contribution in [1.82, 2.24) is 4.90 Å². The number of nitrogens with one attached hydrogen (secondary N) is 1. The topological polar surface area (TPSA) is 94.2 Å². The zero-order chi connectivity index (χ0) is 20.0. The van der Waals surface area contributed by atoms with E-state index < -0.39 is 18.2 Å². The minimum absolute atomic E-state index is 0.218. The molecule has 3 aliphatic heterocycles. The second kappa shape index (κ2) is 6.80. The molecular formula is C21H18N2O6. The lowest BCUT2D eigenvalue weighted by molar-refractivity contribution is -0.144. The summed E-state index contributed by atoms with van der Waals surface area (Å²) in [5.41, 5.74) is 1.57. The summed E-state index contributed by atoms with van der Waals surface area (Å²) in [5, 5.41) is 2.83. The highest BCUT2D eigenvalue weighted by atomic mass is 16.6. The number of carbonyl (C=O) groups excluding carboxylic acids is 3. The Labute approximate surface area is 166 Å². The largest absolute Gasteiger partial charge is 0.486 e. The molecule has 5 rings (SSSR count). The maximum absolute atomic E-state index is 13.0. The lowest BCUT2D eigenvalue weighted by Gasteiger charge is -2.29. The molecule has 2 atom stereocenters. The van der Waals surface area contributed by atoms with Crippen LogP contribution in [0.5, 0.6) is 11.5 Å². The smallest absolute Gasteiger partial charge is 0.340 e. The molecule has 1 saturated heterocycles. The molecule has 29 heavy (non-hydrogen) atoms. The first-order chi connectivity index (χ1) is 14.1. The van der Waals surface area contributed by atoms with Crippen molar-refractivity contribution < 1.29 is 28.6 Å². The summed E-state index contributed by atoms with van der Waals surface area (Å²) in [6.07, 6.45) is -0.314. The molecule has 2 aromatic carbocycles. The van der Waals surface area contributed by atoms with Crippen LogP contribution in [-0.2, 0) is 14.3 Å². The van der Waals surface area contributed by atoms with Crippen molar-refractivity contribution in [3.8, 4) is 11.5 Å². The van der Waals surface area contributed by atoms with Crippen LogP contribution in [0.4, 0.5) is 5.69 Å². The van der Waals surface area contributed by atoms with Crippen LogP contribution in [0.15, 0.2) is 42.5 Å². The summed E-state index contributed by atoms with van der Waals surface area (Å²) < 4.78 is 16.5. The van der Waals surface area contributed by atoms with E-state index in [1.54, 1.807) is 42.5 Å². The number of fused-ring (bicyclic) bond motifs is 2. The van der Waals surface area contributed by atoms with Crippen LogP contribution < -0.4 is 14.8 Å². The molecule has 3 heterocycles. The lowest BCUT2D eigenvalue weighted by Crippen LogP contribution is -2.43. The number of rotatable bonds is 3. The predicted molar refractivity (Wildman–Crippen MR) is 101 cm³/mol. The van der Waals surface area contributed by atoms with Gasteiger partial charge in [-0.2, -0.15) is 0 Å². The molecule has 0 aromatic heterocycles. The monoisotopic (exact) mass is 394 g/mol. The highest BCUT2D eigenvalue weighted by Gasteiger charge is 2.46. The third-order valence-corrected chi connectivity index (χ3v) is 5.29. The average molecular weight is 394 g/mol. The Morgan fingerprint density at radius 1 is 1.03 bits per heavy atom. The molecule has 0 unspecified atom stereocenters. The highest BCUT2D eigenvalue weighted by molar-refractivity contribution is 6.00. The van der Waals surface area contributed by atoms with Crippen molar-refractivity contribution >= 4 is 23.5 Å². The van der Waals surface area contributed by atoms with Gasteiger partial charge in [0.1, 0.15) is 19.3 Å². The van der Waals surface area contributed by atoms with Gasteiger partial charge in [0.05, 0.1) is 5.56 Å². The Kier molecular flexibility index (Phi) is 4.12. The maximum Gasteiger partial charge on any atom is 0.340 e. The van der Waals surface area contributed by atoms with Crippen molar-refractivity contribution in [3.05, 3.63) is 53.6 Å². The summed E-state index contributed by atoms with van der Waals surface area (Å²) >= 11 is 0. The first kappa shape index (κ1) is 17.5. The zero-order valence-corrected chi connectivity index (χ0v) is 15.4. The standard InChI is InChI=1S/C21H18N2O6/c24-18-8-6-15(23(18)20-13-3-1-2-4-14(13)21(26)29-20)19(25)22-12-5-7-16-17(11-12)28-10-9-27-16/h1-5,7,11,15,20H,6,8-10H2,(H,22,25)/t15-,20-/m0/s1. The van der Waals surface area contributed by atoms with Crippen molar-refractivity contribution in [1.29, 1.82) is 0 Å². The molecule has 0 radical (unpaired) electrons. The number of anilines is 1. The summed E-state index contributed by atoms with van der Waals surface area (Å²) in [4.78, 5) is 39.1. The van der Waals surface area contributed by atoms with Crippen LogP contribution in [0.1, 0.15) is 35.0 Å².